The molecule has 1 aromatic heterocycles. The smallest absolute Gasteiger partial charge is 0.330 e. The Morgan fingerprint density at radius 1 is 1.17 bits per heavy atom. The van der Waals surface area contributed by atoms with Crippen LogP contribution in [-0.2, 0) is 11.3 Å². The van der Waals surface area contributed by atoms with Gasteiger partial charge in [-0.1, -0.05) is 23.7 Å². The second-order valence-electron chi connectivity index (χ2n) is 8.44. The van der Waals surface area contributed by atoms with Crippen molar-refractivity contribution in [1.29, 1.82) is 0 Å². The summed E-state index contributed by atoms with van der Waals surface area (Å²) in [6.07, 6.45) is 0.364. The molecule has 0 fully saturated rings. The number of aromatic amines is 1. The number of H-pyrrole nitrogens is 1. The normalized spacial score (nSPS) is 11.7. The molecule has 0 bridgehead atoms. The summed E-state index contributed by atoms with van der Waals surface area (Å²) >= 11 is 5.99. The number of hydrogen-bond acceptors (Lipinski definition) is 5. The van der Waals surface area contributed by atoms with Gasteiger partial charge >= 0.3 is 6.03 Å². The summed E-state index contributed by atoms with van der Waals surface area (Å²) in [5, 5.41) is 23.0. The zero-order valence-electron chi connectivity index (χ0n) is 20.0. The minimum Gasteiger partial charge on any atom is -0.396 e. The standard InChI is InChI=1S/C25H30ClN5O4/c1-16-17(2)27-23-9-8-21(10-22(16)23)28-24(30(3)11-18-4-6-20(26)7-5-18)29-25(35)31(15-34)12-19(13-32)14-33/h4-10,15,19,27,32-33H,11-14H2,1-3H3,(H,28,29,35). The Morgan fingerprint density at radius 2 is 1.86 bits per heavy atom. The number of rotatable bonds is 8. The van der Waals surface area contributed by atoms with Gasteiger partial charge in [-0.15, -0.1) is 0 Å². The first-order chi connectivity index (χ1) is 16.7. The summed E-state index contributed by atoms with van der Waals surface area (Å²) in [5.74, 6) is -0.411. The molecule has 0 saturated heterocycles. The molecule has 3 aromatic rings. The molecule has 2 aromatic carbocycles. The number of benzene rings is 2. The Kier molecular flexibility index (Phi) is 8.86. The largest absolute Gasteiger partial charge is 0.396 e. The molecule has 35 heavy (non-hydrogen) atoms. The number of carbonyl (C=O) groups excluding carboxylic acids is 2. The maximum Gasteiger partial charge on any atom is 0.330 e. The number of hydrogen-bond donors (Lipinski definition) is 4. The highest BCUT2D eigenvalue weighted by atomic mass is 35.5. The van der Waals surface area contributed by atoms with E-state index in [1.807, 2.05) is 44.2 Å². The predicted molar refractivity (Wildman–Crippen MR) is 137 cm³/mol. The quantitative estimate of drug-likeness (QED) is 0.215. The van der Waals surface area contributed by atoms with Gasteiger partial charge in [0.1, 0.15) is 0 Å². The third-order valence-corrected chi connectivity index (χ3v) is 6.05. The number of carbonyl (C=O) groups is 2. The van der Waals surface area contributed by atoms with E-state index in [9.17, 15) is 19.8 Å². The second kappa shape index (κ2) is 11.8. The molecule has 0 aliphatic heterocycles. The molecule has 0 unspecified atom stereocenters. The van der Waals surface area contributed by atoms with Gasteiger partial charge in [-0.2, -0.15) is 0 Å². The molecule has 0 spiro atoms. The van der Waals surface area contributed by atoms with E-state index in [-0.39, 0.29) is 25.7 Å². The molecule has 10 heteroatoms. The van der Waals surface area contributed by atoms with Crippen LogP contribution in [0.3, 0.4) is 0 Å². The monoisotopic (exact) mass is 499 g/mol. The number of nitrogens with zero attached hydrogens (tertiary/aromatic N) is 3. The Bertz CT molecular complexity index is 1200. The molecule has 0 aliphatic carbocycles. The van der Waals surface area contributed by atoms with Crippen molar-refractivity contribution in [3.8, 4) is 0 Å². The van der Waals surface area contributed by atoms with E-state index in [0.717, 1.165) is 32.6 Å². The average Bonchev–Trinajstić information content (AvgIpc) is 3.13. The number of amides is 3. The van der Waals surface area contributed by atoms with Crippen LogP contribution in [0.2, 0.25) is 5.02 Å². The number of aryl methyl sites for hydroxylation is 2. The van der Waals surface area contributed by atoms with E-state index in [2.05, 4.69) is 15.3 Å². The molecule has 3 rings (SSSR count). The number of aliphatic hydroxyl groups is 2. The molecule has 186 valence electrons. The van der Waals surface area contributed by atoms with Gasteiger partial charge in [-0.3, -0.25) is 15.0 Å². The van der Waals surface area contributed by atoms with Gasteiger partial charge in [-0.05, 0) is 55.3 Å². The fourth-order valence-corrected chi connectivity index (χ4v) is 3.71. The molecule has 3 amide bonds. The van der Waals surface area contributed by atoms with Crippen molar-refractivity contribution < 1.29 is 19.8 Å². The highest BCUT2D eigenvalue weighted by Gasteiger charge is 2.21. The lowest BCUT2D eigenvalue weighted by Crippen LogP contribution is -2.49. The van der Waals surface area contributed by atoms with Crippen molar-refractivity contribution in [2.75, 3.05) is 26.8 Å². The Hall–Kier alpha value is -3.40. The number of imide groups is 1. The Labute approximate surface area is 209 Å². The van der Waals surface area contributed by atoms with E-state index >= 15 is 0 Å². The van der Waals surface area contributed by atoms with Gasteiger partial charge in [0, 0.05) is 60.9 Å². The van der Waals surface area contributed by atoms with Crippen molar-refractivity contribution in [2.45, 2.75) is 20.4 Å². The van der Waals surface area contributed by atoms with Gasteiger partial charge in [-0.25, -0.2) is 9.79 Å². The molecule has 0 radical (unpaired) electrons. The molecular formula is C25H30ClN5O4. The van der Waals surface area contributed by atoms with E-state index in [1.54, 1.807) is 24.1 Å². The highest BCUT2D eigenvalue weighted by molar-refractivity contribution is 6.30. The van der Waals surface area contributed by atoms with Crippen LogP contribution in [0.15, 0.2) is 47.5 Å². The molecular weight excluding hydrogens is 470 g/mol. The van der Waals surface area contributed by atoms with Crippen LogP contribution < -0.4 is 5.32 Å². The summed E-state index contributed by atoms with van der Waals surface area (Å²) in [6.45, 7) is 3.59. The SMILES string of the molecule is Cc1[nH]c2ccc(N=C(NC(=O)N(C=O)CC(CO)CO)N(C)Cc3ccc(Cl)cc3)cc2c1C. The van der Waals surface area contributed by atoms with Crippen molar-refractivity contribution in [2.24, 2.45) is 10.9 Å². The first-order valence-electron chi connectivity index (χ1n) is 11.1. The second-order valence-corrected chi connectivity index (χ2v) is 8.88. The van der Waals surface area contributed by atoms with Crippen molar-refractivity contribution >= 4 is 46.6 Å². The number of aliphatic imine (C=N–C) groups is 1. The van der Waals surface area contributed by atoms with Gasteiger partial charge in [0.15, 0.2) is 0 Å². The molecule has 0 aliphatic rings. The van der Waals surface area contributed by atoms with Crippen molar-refractivity contribution in [3.05, 3.63) is 64.3 Å². The molecule has 1 heterocycles. The van der Waals surface area contributed by atoms with Gasteiger partial charge < -0.3 is 20.1 Å². The van der Waals surface area contributed by atoms with E-state index < -0.39 is 11.9 Å². The Balaban J connectivity index is 1.92. The fraction of sp³-hybridized carbons (Fsp3) is 0.320. The minimum absolute atomic E-state index is 0.135. The number of aromatic nitrogens is 1. The first kappa shape index (κ1) is 26.2. The minimum atomic E-state index is -0.719. The number of guanidine groups is 1. The maximum absolute atomic E-state index is 12.9. The van der Waals surface area contributed by atoms with Crippen LogP contribution >= 0.6 is 11.6 Å². The van der Waals surface area contributed by atoms with E-state index in [0.29, 0.717) is 23.7 Å². The average molecular weight is 500 g/mol. The zero-order valence-corrected chi connectivity index (χ0v) is 20.7. The van der Waals surface area contributed by atoms with Gasteiger partial charge in [0.05, 0.1) is 5.69 Å². The predicted octanol–water partition coefficient (Wildman–Crippen LogP) is 3.33. The highest BCUT2D eigenvalue weighted by Crippen LogP contribution is 2.26. The van der Waals surface area contributed by atoms with Crippen LogP contribution in [0.1, 0.15) is 16.8 Å². The number of aliphatic hydroxyl groups excluding tert-OH is 2. The van der Waals surface area contributed by atoms with Crippen LogP contribution in [0.5, 0.6) is 0 Å². The maximum atomic E-state index is 12.9. The number of urea groups is 1. The number of halogens is 1. The van der Waals surface area contributed by atoms with Crippen molar-refractivity contribution in [1.82, 2.24) is 20.1 Å². The molecule has 4 N–H and O–H groups in total. The summed E-state index contributed by atoms with van der Waals surface area (Å²) in [7, 11) is 1.77. The number of nitrogens with one attached hydrogen (secondary N) is 2. The van der Waals surface area contributed by atoms with Crippen LogP contribution in [0, 0.1) is 19.8 Å². The number of fused-ring (bicyclic) bond motifs is 1. The van der Waals surface area contributed by atoms with E-state index in [4.69, 9.17) is 11.6 Å². The van der Waals surface area contributed by atoms with Gasteiger partial charge in [0.25, 0.3) is 0 Å². The lowest BCUT2D eigenvalue weighted by molar-refractivity contribution is -0.116. The first-order valence-corrected chi connectivity index (χ1v) is 11.5. The zero-order chi connectivity index (χ0) is 25.5. The van der Waals surface area contributed by atoms with Crippen LogP contribution in [0.25, 0.3) is 10.9 Å². The summed E-state index contributed by atoms with van der Waals surface area (Å²) in [5.41, 5.74) is 4.74. The lowest BCUT2D eigenvalue weighted by Gasteiger charge is -2.25. The summed E-state index contributed by atoms with van der Waals surface area (Å²) in [4.78, 5) is 35.1. The fourth-order valence-electron chi connectivity index (χ4n) is 3.58. The van der Waals surface area contributed by atoms with Crippen molar-refractivity contribution in [3.63, 3.8) is 0 Å². The lowest BCUT2D eigenvalue weighted by atomic mass is 10.1. The van der Waals surface area contributed by atoms with Crippen LogP contribution in [0.4, 0.5) is 10.5 Å². The molecule has 0 saturated carbocycles. The third-order valence-electron chi connectivity index (χ3n) is 5.80. The third kappa shape index (κ3) is 6.60. The Morgan fingerprint density at radius 3 is 2.49 bits per heavy atom. The van der Waals surface area contributed by atoms with Gasteiger partial charge in [0.2, 0.25) is 12.4 Å². The topological polar surface area (TPSA) is 121 Å². The summed E-state index contributed by atoms with van der Waals surface area (Å²) < 4.78 is 0. The molecule has 0 atom stereocenters. The van der Waals surface area contributed by atoms with Crippen LogP contribution in [-0.4, -0.2) is 70.2 Å². The summed E-state index contributed by atoms with van der Waals surface area (Å²) in [6, 6.07) is 12.3. The van der Waals surface area contributed by atoms with E-state index in [1.165, 1.54) is 0 Å². The molecule has 9 nitrogen and oxygen atoms in total.